The van der Waals surface area contributed by atoms with Crippen molar-refractivity contribution in [2.24, 2.45) is 0 Å². The first-order chi connectivity index (χ1) is 9.60. The van der Waals surface area contributed by atoms with Gasteiger partial charge in [-0.3, -0.25) is 4.98 Å². The van der Waals surface area contributed by atoms with Gasteiger partial charge in [0, 0.05) is 12.6 Å². The monoisotopic (exact) mass is 331 g/mol. The van der Waals surface area contributed by atoms with E-state index in [1.807, 2.05) is 0 Å². The second-order valence-corrected chi connectivity index (χ2v) is 5.19. The van der Waals surface area contributed by atoms with E-state index in [1.165, 1.54) is 12.3 Å². The Morgan fingerprint density at radius 1 is 1.10 bits per heavy atom. The summed E-state index contributed by atoms with van der Waals surface area (Å²) in [5.74, 6) is 1.34. The summed E-state index contributed by atoms with van der Waals surface area (Å²) in [7, 11) is 0. The van der Waals surface area contributed by atoms with Gasteiger partial charge in [0.25, 0.3) is 0 Å². The second kappa shape index (κ2) is 6.97. The Morgan fingerprint density at radius 3 is 2.60 bits per heavy atom. The van der Waals surface area contributed by atoms with Gasteiger partial charge >= 0.3 is 0 Å². The van der Waals surface area contributed by atoms with Crippen LogP contribution >= 0.6 is 34.8 Å². The smallest absolute Gasteiger partial charge is 0.239 e. The summed E-state index contributed by atoms with van der Waals surface area (Å²) in [6.07, 6.45) is 4.11. The third-order valence-electron chi connectivity index (χ3n) is 2.36. The number of hydrogen-bond donors (Lipinski definition) is 1. The van der Waals surface area contributed by atoms with Crippen molar-refractivity contribution in [1.82, 2.24) is 9.97 Å². The van der Waals surface area contributed by atoms with Crippen molar-refractivity contribution in [2.75, 3.05) is 11.9 Å². The van der Waals surface area contributed by atoms with Crippen LogP contribution in [-0.4, -0.2) is 16.5 Å². The van der Waals surface area contributed by atoms with Crippen LogP contribution in [0.25, 0.3) is 0 Å². The summed E-state index contributed by atoms with van der Waals surface area (Å²) < 4.78 is 5.58. The molecule has 0 amide bonds. The number of anilines is 1. The molecule has 0 spiro atoms. The molecule has 20 heavy (non-hydrogen) atoms. The van der Waals surface area contributed by atoms with Crippen molar-refractivity contribution in [3.8, 4) is 11.6 Å². The third kappa shape index (κ3) is 3.88. The highest BCUT2D eigenvalue weighted by Gasteiger charge is 2.09. The van der Waals surface area contributed by atoms with Gasteiger partial charge in [-0.2, -0.15) is 4.98 Å². The number of rotatable bonds is 5. The first-order valence-corrected chi connectivity index (χ1v) is 7.12. The normalized spacial score (nSPS) is 10.4. The van der Waals surface area contributed by atoms with Gasteiger partial charge in [0.15, 0.2) is 0 Å². The van der Waals surface area contributed by atoms with Crippen LogP contribution in [0, 0.1) is 0 Å². The maximum absolute atomic E-state index is 6.04. The number of aromatic nitrogens is 2. The minimum absolute atomic E-state index is 0.325. The Kier molecular flexibility index (Phi) is 5.29. The van der Waals surface area contributed by atoms with E-state index in [1.54, 1.807) is 12.3 Å². The van der Waals surface area contributed by atoms with Crippen LogP contribution in [0.3, 0.4) is 0 Å². The van der Waals surface area contributed by atoms with Crippen molar-refractivity contribution in [3.63, 3.8) is 0 Å². The highest BCUT2D eigenvalue weighted by Crippen LogP contribution is 2.35. The summed E-state index contributed by atoms with van der Waals surface area (Å²) in [5.41, 5.74) is 0. The van der Waals surface area contributed by atoms with Crippen LogP contribution in [0.4, 0.5) is 5.82 Å². The van der Waals surface area contributed by atoms with E-state index in [4.69, 9.17) is 39.5 Å². The zero-order chi connectivity index (χ0) is 14.5. The molecule has 1 aromatic heterocycles. The Labute approximate surface area is 132 Å². The molecule has 0 aliphatic heterocycles. The fourth-order valence-corrected chi connectivity index (χ4v) is 2.01. The molecule has 106 valence electrons. The quantitative estimate of drug-likeness (QED) is 0.778. The van der Waals surface area contributed by atoms with Crippen LogP contribution in [0.15, 0.2) is 24.5 Å². The van der Waals surface area contributed by atoms with E-state index >= 15 is 0 Å². The van der Waals surface area contributed by atoms with Gasteiger partial charge in [0.05, 0.1) is 27.5 Å². The zero-order valence-electron chi connectivity index (χ0n) is 10.7. The average molecular weight is 333 g/mol. The molecule has 0 aliphatic carbocycles. The maximum Gasteiger partial charge on any atom is 0.239 e. The molecule has 1 N–H and O–H groups in total. The Bertz CT molecular complexity index is 607. The summed E-state index contributed by atoms with van der Waals surface area (Å²) in [6, 6.07) is 3.06. The van der Waals surface area contributed by atoms with Crippen LogP contribution < -0.4 is 10.1 Å². The van der Waals surface area contributed by atoms with Crippen molar-refractivity contribution < 1.29 is 4.74 Å². The predicted molar refractivity (Wildman–Crippen MR) is 82.4 cm³/mol. The number of ether oxygens (including phenoxy) is 1. The fourth-order valence-electron chi connectivity index (χ4n) is 1.43. The van der Waals surface area contributed by atoms with E-state index in [0.29, 0.717) is 32.5 Å². The molecule has 2 rings (SSSR count). The predicted octanol–water partition coefficient (Wildman–Crippen LogP) is 5.05. The molecule has 1 aromatic carbocycles. The van der Waals surface area contributed by atoms with Gasteiger partial charge < -0.3 is 10.1 Å². The molecular formula is C13H12Cl3N3O. The highest BCUT2D eigenvalue weighted by atomic mass is 35.5. The number of nitrogens with one attached hydrogen (secondary N) is 1. The molecule has 0 saturated heterocycles. The van der Waals surface area contributed by atoms with E-state index in [9.17, 15) is 0 Å². The Morgan fingerprint density at radius 2 is 1.85 bits per heavy atom. The molecular weight excluding hydrogens is 321 g/mol. The summed E-state index contributed by atoms with van der Waals surface area (Å²) in [4.78, 5) is 8.32. The third-order valence-corrected chi connectivity index (χ3v) is 3.38. The average Bonchev–Trinajstić information content (AvgIpc) is 2.43. The lowest BCUT2D eigenvalue weighted by Crippen LogP contribution is -2.03. The van der Waals surface area contributed by atoms with E-state index in [2.05, 4.69) is 22.2 Å². The van der Waals surface area contributed by atoms with Gasteiger partial charge in [-0.1, -0.05) is 41.7 Å². The molecule has 0 saturated carbocycles. The molecule has 1 heterocycles. The molecule has 0 radical (unpaired) electrons. The lowest BCUT2D eigenvalue weighted by Gasteiger charge is -2.09. The van der Waals surface area contributed by atoms with Crippen LogP contribution in [-0.2, 0) is 0 Å². The van der Waals surface area contributed by atoms with Crippen LogP contribution in [0.2, 0.25) is 15.1 Å². The molecule has 0 fully saturated rings. The van der Waals surface area contributed by atoms with E-state index < -0.39 is 0 Å². The SMILES string of the molecule is CCCNc1cncc(Oc2cc(Cl)c(Cl)cc2Cl)n1. The molecule has 4 nitrogen and oxygen atoms in total. The van der Waals surface area contributed by atoms with Gasteiger partial charge in [-0.25, -0.2) is 0 Å². The van der Waals surface area contributed by atoms with Gasteiger partial charge in [0.2, 0.25) is 5.88 Å². The topological polar surface area (TPSA) is 47.0 Å². The lowest BCUT2D eigenvalue weighted by molar-refractivity contribution is 0.461. The molecule has 2 aromatic rings. The zero-order valence-corrected chi connectivity index (χ0v) is 12.9. The van der Waals surface area contributed by atoms with Crippen molar-refractivity contribution >= 4 is 40.6 Å². The molecule has 0 bridgehead atoms. The fraction of sp³-hybridized carbons (Fsp3) is 0.231. The molecule has 0 aliphatic rings. The van der Waals surface area contributed by atoms with E-state index in [-0.39, 0.29) is 0 Å². The Hall–Kier alpha value is -1.23. The number of nitrogens with zero attached hydrogens (tertiary/aromatic N) is 2. The molecule has 0 unspecified atom stereocenters. The van der Waals surface area contributed by atoms with E-state index in [0.717, 1.165) is 13.0 Å². The minimum atomic E-state index is 0.325. The maximum atomic E-state index is 6.04. The summed E-state index contributed by atoms with van der Waals surface area (Å²) in [6.45, 7) is 2.88. The van der Waals surface area contributed by atoms with Crippen molar-refractivity contribution in [2.45, 2.75) is 13.3 Å². The number of hydrogen-bond acceptors (Lipinski definition) is 4. The van der Waals surface area contributed by atoms with Crippen molar-refractivity contribution in [3.05, 3.63) is 39.6 Å². The molecule has 0 atom stereocenters. The molecule has 7 heteroatoms. The van der Waals surface area contributed by atoms with Crippen LogP contribution in [0.5, 0.6) is 11.6 Å². The minimum Gasteiger partial charge on any atom is -0.436 e. The number of benzene rings is 1. The van der Waals surface area contributed by atoms with Crippen LogP contribution in [0.1, 0.15) is 13.3 Å². The largest absolute Gasteiger partial charge is 0.436 e. The van der Waals surface area contributed by atoms with Gasteiger partial charge in [-0.15, -0.1) is 0 Å². The summed E-state index contributed by atoms with van der Waals surface area (Å²) >= 11 is 17.8. The lowest BCUT2D eigenvalue weighted by atomic mass is 10.3. The van der Waals surface area contributed by atoms with Gasteiger partial charge in [0.1, 0.15) is 11.6 Å². The first-order valence-electron chi connectivity index (χ1n) is 5.98. The first kappa shape index (κ1) is 15.2. The summed E-state index contributed by atoms with van der Waals surface area (Å²) in [5, 5.41) is 4.21. The second-order valence-electron chi connectivity index (χ2n) is 3.97. The van der Waals surface area contributed by atoms with Crippen molar-refractivity contribution in [1.29, 1.82) is 0 Å². The highest BCUT2D eigenvalue weighted by molar-refractivity contribution is 6.43. The number of halogens is 3. The Balaban J connectivity index is 2.19. The van der Waals surface area contributed by atoms with Gasteiger partial charge in [-0.05, 0) is 12.5 Å². The standard InChI is InChI=1S/C13H12Cl3N3O/c1-2-3-18-12-6-17-7-13(19-12)20-11-5-9(15)8(14)4-10(11)16/h4-7H,2-3H2,1H3,(H,18,19).